The highest BCUT2D eigenvalue weighted by Crippen LogP contribution is 2.28. The Kier molecular flexibility index (Phi) is 7.02. The molecule has 1 N–H and O–H groups in total. The van der Waals surface area contributed by atoms with Crippen LogP contribution in [0.25, 0.3) is 22.2 Å². The Bertz CT molecular complexity index is 1420. The average Bonchev–Trinajstić information content (AvgIpc) is 3.57. The van der Waals surface area contributed by atoms with Gasteiger partial charge in [-0.2, -0.15) is 0 Å². The van der Waals surface area contributed by atoms with Crippen LogP contribution in [0.2, 0.25) is 0 Å². The molecule has 37 heavy (non-hydrogen) atoms. The van der Waals surface area contributed by atoms with Gasteiger partial charge in [-0.05, 0) is 98.6 Å². The zero-order valence-electron chi connectivity index (χ0n) is 21.6. The van der Waals surface area contributed by atoms with Crippen molar-refractivity contribution < 1.29 is 4.74 Å². The number of aromatic nitrogens is 3. The smallest absolute Gasteiger partial charge is 0.227 e. The van der Waals surface area contributed by atoms with Crippen LogP contribution in [0.3, 0.4) is 0 Å². The molecule has 1 saturated heterocycles. The van der Waals surface area contributed by atoms with E-state index in [4.69, 9.17) is 9.72 Å². The van der Waals surface area contributed by atoms with Crippen LogP contribution in [-0.4, -0.2) is 45.7 Å². The third kappa shape index (κ3) is 5.45. The van der Waals surface area contributed by atoms with Crippen molar-refractivity contribution >= 4 is 22.5 Å². The van der Waals surface area contributed by atoms with Crippen molar-refractivity contribution in [3.63, 3.8) is 0 Å². The molecule has 4 aromatic rings. The van der Waals surface area contributed by atoms with Crippen LogP contribution in [0.5, 0.6) is 0 Å². The maximum absolute atomic E-state index is 6.11. The summed E-state index contributed by atoms with van der Waals surface area (Å²) in [6.07, 6.45) is 13.3. The molecular formula is C31H35N5O. The number of anilines is 2. The quantitative estimate of drug-likeness (QED) is 0.340. The van der Waals surface area contributed by atoms with E-state index in [0.29, 0.717) is 19.2 Å². The van der Waals surface area contributed by atoms with Crippen LogP contribution >= 0.6 is 0 Å². The molecular weight excluding hydrogens is 458 g/mol. The number of rotatable bonds is 4. The number of ether oxygens (including phenoxy) is 1. The molecule has 0 unspecified atom stereocenters. The lowest BCUT2D eigenvalue weighted by Gasteiger charge is -2.16. The molecule has 0 saturated carbocycles. The number of hydrogen-bond acceptors (Lipinski definition) is 5. The van der Waals surface area contributed by atoms with Gasteiger partial charge in [0, 0.05) is 35.7 Å². The molecule has 0 atom stereocenters. The summed E-state index contributed by atoms with van der Waals surface area (Å²) in [6.45, 7) is 7.75. The molecule has 4 heterocycles. The van der Waals surface area contributed by atoms with E-state index in [1.54, 1.807) is 0 Å². The van der Waals surface area contributed by atoms with Crippen LogP contribution in [0, 0.1) is 6.92 Å². The number of benzene rings is 2. The fraction of sp³-hybridized carbons (Fsp3) is 0.355. The SMILES string of the molecule is Cc1cnc2nc1-c1ccc3ccn(c3c1)C/C=C\COCc1cc(ccc1CCCN1CCCC1)N2. The Balaban J connectivity index is 1.30. The monoisotopic (exact) mass is 493 g/mol. The Morgan fingerprint density at radius 1 is 1.03 bits per heavy atom. The Morgan fingerprint density at radius 3 is 2.86 bits per heavy atom. The van der Waals surface area contributed by atoms with E-state index in [9.17, 15) is 0 Å². The van der Waals surface area contributed by atoms with Gasteiger partial charge < -0.3 is 19.5 Å². The van der Waals surface area contributed by atoms with Gasteiger partial charge in [-0.25, -0.2) is 9.97 Å². The molecule has 2 aromatic heterocycles. The van der Waals surface area contributed by atoms with Crippen LogP contribution in [0.15, 0.2) is 67.0 Å². The molecule has 0 aliphatic carbocycles. The van der Waals surface area contributed by atoms with Crippen LogP contribution in [-0.2, 0) is 24.3 Å². The highest BCUT2D eigenvalue weighted by molar-refractivity contribution is 5.85. The van der Waals surface area contributed by atoms with Gasteiger partial charge in [0.05, 0.1) is 18.9 Å². The topological polar surface area (TPSA) is 55.2 Å². The molecule has 1 fully saturated rings. The summed E-state index contributed by atoms with van der Waals surface area (Å²) in [6, 6.07) is 15.3. The van der Waals surface area contributed by atoms with Gasteiger partial charge in [0.15, 0.2) is 0 Å². The number of hydrogen-bond donors (Lipinski definition) is 1. The van der Waals surface area contributed by atoms with E-state index in [2.05, 4.69) is 87.5 Å². The number of likely N-dealkylation sites (tertiary alicyclic amines) is 1. The summed E-state index contributed by atoms with van der Waals surface area (Å²) >= 11 is 0. The zero-order valence-corrected chi connectivity index (χ0v) is 21.6. The lowest BCUT2D eigenvalue weighted by Crippen LogP contribution is -2.20. The molecule has 0 spiro atoms. The van der Waals surface area contributed by atoms with Gasteiger partial charge in [0.1, 0.15) is 0 Å². The van der Waals surface area contributed by atoms with Crippen LogP contribution in [0.1, 0.15) is 36.0 Å². The number of fused-ring (bicyclic) bond motifs is 6. The molecule has 2 aliphatic heterocycles. The highest BCUT2D eigenvalue weighted by Gasteiger charge is 2.13. The van der Waals surface area contributed by atoms with Gasteiger partial charge in [0.25, 0.3) is 0 Å². The Labute approximate surface area is 219 Å². The molecule has 6 bridgehead atoms. The minimum Gasteiger partial charge on any atom is -0.373 e. The normalized spacial score (nSPS) is 17.1. The standard InChI is InChI=1S/C31H35N5O/c1-23-21-32-31-33-28-11-10-24(7-6-15-35-13-2-3-14-35)27(19-28)22-37-18-5-4-16-36-17-12-25-8-9-26(20-29(25)36)30(23)34-31/h4-5,8-12,17,19-21H,2-3,6-7,13-16,18,22H2,1H3,(H,32,33,34)/b5-4-. The molecule has 6 nitrogen and oxygen atoms in total. The third-order valence-electron chi connectivity index (χ3n) is 7.54. The first-order valence-corrected chi connectivity index (χ1v) is 13.5. The van der Waals surface area contributed by atoms with Crippen molar-refractivity contribution in [2.24, 2.45) is 0 Å². The van der Waals surface area contributed by atoms with Crippen molar-refractivity contribution in [3.05, 3.63) is 83.7 Å². The summed E-state index contributed by atoms with van der Waals surface area (Å²) in [5.41, 5.74) is 7.89. The molecule has 6 heteroatoms. The second-order valence-corrected chi connectivity index (χ2v) is 10.2. The van der Waals surface area contributed by atoms with E-state index in [0.717, 1.165) is 35.5 Å². The van der Waals surface area contributed by atoms with Crippen molar-refractivity contribution in [1.82, 2.24) is 19.4 Å². The van der Waals surface area contributed by atoms with Crippen molar-refractivity contribution in [2.45, 2.75) is 45.8 Å². The van der Waals surface area contributed by atoms with E-state index in [-0.39, 0.29) is 0 Å². The fourth-order valence-electron chi connectivity index (χ4n) is 5.49. The van der Waals surface area contributed by atoms with Gasteiger partial charge in [-0.15, -0.1) is 0 Å². The predicted octanol–water partition coefficient (Wildman–Crippen LogP) is 6.27. The van der Waals surface area contributed by atoms with Crippen LogP contribution in [0.4, 0.5) is 11.6 Å². The number of nitrogens with one attached hydrogen (secondary N) is 1. The molecule has 2 aromatic carbocycles. The number of aryl methyl sites for hydroxylation is 2. The average molecular weight is 494 g/mol. The van der Waals surface area contributed by atoms with Gasteiger partial charge >= 0.3 is 0 Å². The van der Waals surface area contributed by atoms with Crippen molar-refractivity contribution in [1.29, 1.82) is 0 Å². The number of nitrogens with zero attached hydrogens (tertiary/aromatic N) is 4. The third-order valence-corrected chi connectivity index (χ3v) is 7.54. The molecule has 2 aliphatic rings. The second kappa shape index (κ2) is 10.9. The fourth-order valence-corrected chi connectivity index (χ4v) is 5.49. The Hall–Kier alpha value is -3.48. The van der Waals surface area contributed by atoms with Gasteiger partial charge in [0.2, 0.25) is 5.95 Å². The highest BCUT2D eigenvalue weighted by atomic mass is 16.5. The second-order valence-electron chi connectivity index (χ2n) is 10.2. The summed E-state index contributed by atoms with van der Waals surface area (Å²) < 4.78 is 8.38. The summed E-state index contributed by atoms with van der Waals surface area (Å²) in [5.74, 6) is 0.607. The van der Waals surface area contributed by atoms with Gasteiger partial charge in [-0.3, -0.25) is 0 Å². The number of allylic oxidation sites excluding steroid dienone is 1. The summed E-state index contributed by atoms with van der Waals surface area (Å²) in [7, 11) is 0. The van der Waals surface area contributed by atoms with E-state index in [1.807, 2.05) is 6.20 Å². The van der Waals surface area contributed by atoms with E-state index < -0.39 is 0 Å². The van der Waals surface area contributed by atoms with E-state index >= 15 is 0 Å². The Morgan fingerprint density at radius 2 is 1.95 bits per heavy atom. The maximum atomic E-state index is 6.11. The summed E-state index contributed by atoms with van der Waals surface area (Å²) in [4.78, 5) is 12.1. The largest absolute Gasteiger partial charge is 0.373 e. The summed E-state index contributed by atoms with van der Waals surface area (Å²) in [5, 5.41) is 4.68. The first-order valence-electron chi connectivity index (χ1n) is 13.5. The van der Waals surface area contributed by atoms with Gasteiger partial charge in [-0.1, -0.05) is 30.4 Å². The van der Waals surface area contributed by atoms with Crippen LogP contribution < -0.4 is 5.32 Å². The first-order chi connectivity index (χ1) is 18.2. The molecule has 6 rings (SSSR count). The lowest BCUT2D eigenvalue weighted by atomic mass is 10.0. The molecule has 190 valence electrons. The van der Waals surface area contributed by atoms with E-state index in [1.165, 1.54) is 60.9 Å². The van der Waals surface area contributed by atoms with Crippen molar-refractivity contribution in [2.75, 3.05) is 31.6 Å². The van der Waals surface area contributed by atoms with Crippen molar-refractivity contribution in [3.8, 4) is 11.3 Å². The maximum Gasteiger partial charge on any atom is 0.227 e. The first kappa shape index (κ1) is 23.9. The minimum absolute atomic E-state index is 0.591. The minimum atomic E-state index is 0.591. The predicted molar refractivity (Wildman–Crippen MR) is 150 cm³/mol. The zero-order chi connectivity index (χ0) is 25.0. The molecule has 0 radical (unpaired) electrons. The molecule has 0 amide bonds. The lowest BCUT2D eigenvalue weighted by molar-refractivity contribution is 0.148.